The number of rotatable bonds is 10. The molecule has 0 radical (unpaired) electrons. The van der Waals surface area contributed by atoms with Gasteiger partial charge in [0.25, 0.3) is 0 Å². The summed E-state index contributed by atoms with van der Waals surface area (Å²) in [5.74, 6) is 1.29. The molecule has 0 spiro atoms. The Morgan fingerprint density at radius 3 is 2.83 bits per heavy atom. The van der Waals surface area contributed by atoms with E-state index >= 15 is 0 Å². The molecule has 1 N–H and O–H groups in total. The van der Waals surface area contributed by atoms with Crippen molar-refractivity contribution in [2.45, 2.75) is 37.4 Å². The highest BCUT2D eigenvalue weighted by Crippen LogP contribution is 2.26. The van der Waals surface area contributed by atoms with Crippen LogP contribution in [0.3, 0.4) is 0 Å². The summed E-state index contributed by atoms with van der Waals surface area (Å²) in [4.78, 5) is 12.0. The second-order valence-electron chi connectivity index (χ2n) is 5.53. The zero-order chi connectivity index (χ0) is 16.5. The first-order chi connectivity index (χ1) is 11.2. The normalized spacial score (nSPS) is 12.1. The van der Waals surface area contributed by atoms with Crippen molar-refractivity contribution in [3.63, 3.8) is 0 Å². The van der Waals surface area contributed by atoms with Crippen molar-refractivity contribution in [3.05, 3.63) is 35.9 Å². The summed E-state index contributed by atoms with van der Waals surface area (Å²) in [6.45, 7) is 5.43. The highest BCUT2D eigenvalue weighted by Gasteiger charge is 2.09. The van der Waals surface area contributed by atoms with E-state index in [0.29, 0.717) is 5.75 Å². The van der Waals surface area contributed by atoms with Gasteiger partial charge < -0.3 is 5.32 Å². The van der Waals surface area contributed by atoms with Gasteiger partial charge in [-0.3, -0.25) is 4.79 Å². The van der Waals surface area contributed by atoms with Crippen LogP contribution < -0.4 is 5.32 Å². The number of hydrogen-bond donors (Lipinski definition) is 1. The fraction of sp³-hybridized carbons (Fsp3) is 0.471. The topological polar surface area (TPSA) is 54.9 Å². The third kappa shape index (κ3) is 6.31. The lowest BCUT2D eigenvalue weighted by Gasteiger charge is -2.07. The van der Waals surface area contributed by atoms with Crippen molar-refractivity contribution >= 4 is 34.0 Å². The van der Waals surface area contributed by atoms with E-state index < -0.39 is 0 Å². The Morgan fingerprint density at radius 1 is 1.30 bits per heavy atom. The first kappa shape index (κ1) is 17.9. The minimum absolute atomic E-state index is 0.119. The average molecular weight is 350 g/mol. The number of carbonyl (C=O) groups excluding carboxylic acids is 1. The Bertz CT molecular complexity index is 601. The molecule has 124 valence electrons. The molecule has 4 nitrogen and oxygen atoms in total. The Kier molecular flexibility index (Phi) is 7.55. The summed E-state index contributed by atoms with van der Waals surface area (Å²) >= 11 is 2.96. The van der Waals surface area contributed by atoms with Crippen LogP contribution >= 0.6 is 23.1 Å². The maximum atomic E-state index is 12.0. The summed E-state index contributed by atoms with van der Waals surface area (Å²) in [6, 6.07) is 9.35. The molecule has 0 saturated carbocycles. The fourth-order valence-corrected chi connectivity index (χ4v) is 3.70. The first-order valence-electron chi connectivity index (χ1n) is 7.97. The van der Waals surface area contributed by atoms with Gasteiger partial charge in [0.1, 0.15) is 0 Å². The largest absolute Gasteiger partial charge is 0.360 e. The maximum absolute atomic E-state index is 12.0. The number of nitrogens with one attached hydrogen (secondary N) is 1. The molecule has 1 heterocycles. The van der Waals surface area contributed by atoms with Crippen molar-refractivity contribution in [1.82, 2.24) is 10.2 Å². The molecule has 2 aromatic rings. The van der Waals surface area contributed by atoms with E-state index in [-0.39, 0.29) is 5.78 Å². The van der Waals surface area contributed by atoms with E-state index in [1.54, 1.807) is 0 Å². The molecule has 0 aliphatic rings. The molecule has 0 unspecified atom stereocenters. The third-order valence-corrected chi connectivity index (χ3v) is 5.69. The summed E-state index contributed by atoms with van der Waals surface area (Å²) in [5.41, 5.74) is 0.743. The predicted octanol–water partition coefficient (Wildman–Crippen LogP) is 4.75. The number of benzene rings is 1. The lowest BCUT2D eigenvalue weighted by molar-refractivity contribution is 0.102. The van der Waals surface area contributed by atoms with Crippen molar-refractivity contribution in [2.24, 2.45) is 5.92 Å². The molecule has 2 rings (SSSR count). The van der Waals surface area contributed by atoms with Crippen LogP contribution in [0.25, 0.3) is 0 Å². The number of anilines is 1. The second-order valence-corrected chi connectivity index (χ2v) is 7.73. The Morgan fingerprint density at radius 2 is 2.09 bits per heavy atom. The number of nitrogens with zero attached hydrogens (tertiary/aromatic N) is 2. The minimum Gasteiger partial charge on any atom is -0.360 e. The number of aromatic nitrogens is 2. The monoisotopic (exact) mass is 349 g/mol. The molecule has 1 aromatic carbocycles. The molecule has 23 heavy (non-hydrogen) atoms. The molecule has 1 aromatic heterocycles. The molecule has 0 bridgehead atoms. The van der Waals surface area contributed by atoms with Gasteiger partial charge in [-0.25, -0.2) is 0 Å². The van der Waals surface area contributed by atoms with Gasteiger partial charge in [0, 0.05) is 12.1 Å². The summed E-state index contributed by atoms with van der Waals surface area (Å²) in [7, 11) is 0. The van der Waals surface area contributed by atoms with Gasteiger partial charge >= 0.3 is 0 Å². The van der Waals surface area contributed by atoms with Crippen LogP contribution in [0.2, 0.25) is 0 Å². The van der Waals surface area contributed by atoms with Crippen LogP contribution in [0.1, 0.15) is 43.5 Å². The minimum atomic E-state index is 0.119. The van der Waals surface area contributed by atoms with Crippen LogP contribution in [0.5, 0.6) is 0 Å². The maximum Gasteiger partial charge on any atom is 0.206 e. The van der Waals surface area contributed by atoms with E-state index in [1.807, 2.05) is 30.3 Å². The van der Waals surface area contributed by atoms with Gasteiger partial charge in [-0.05, 0) is 18.8 Å². The smallest absolute Gasteiger partial charge is 0.206 e. The SMILES string of the molecule is CC[C@H](C)CCCNc1nnc(SCC(=O)c2ccccc2)s1. The van der Waals surface area contributed by atoms with Gasteiger partial charge in [0.15, 0.2) is 10.1 Å². The van der Waals surface area contributed by atoms with Crippen molar-refractivity contribution < 1.29 is 4.79 Å². The highest BCUT2D eigenvalue weighted by molar-refractivity contribution is 8.01. The van der Waals surface area contributed by atoms with Crippen molar-refractivity contribution in [1.29, 1.82) is 0 Å². The van der Waals surface area contributed by atoms with E-state index in [9.17, 15) is 4.79 Å². The molecule has 6 heteroatoms. The quantitative estimate of drug-likeness (QED) is 0.381. The number of hydrogen-bond acceptors (Lipinski definition) is 6. The van der Waals surface area contributed by atoms with Crippen molar-refractivity contribution in [3.8, 4) is 0 Å². The van der Waals surface area contributed by atoms with Gasteiger partial charge in [-0.2, -0.15) is 0 Å². The van der Waals surface area contributed by atoms with E-state index in [2.05, 4.69) is 29.4 Å². The molecule has 0 saturated heterocycles. The Hall–Kier alpha value is -1.40. The Balaban J connectivity index is 1.71. The zero-order valence-corrected chi connectivity index (χ0v) is 15.3. The van der Waals surface area contributed by atoms with Gasteiger partial charge in [-0.15, -0.1) is 10.2 Å². The van der Waals surface area contributed by atoms with E-state index in [1.165, 1.54) is 35.9 Å². The molecular formula is C17H23N3OS2. The summed E-state index contributed by atoms with van der Waals surface area (Å²) < 4.78 is 0.832. The van der Waals surface area contributed by atoms with E-state index in [0.717, 1.165) is 33.9 Å². The third-order valence-electron chi connectivity index (χ3n) is 3.68. The highest BCUT2D eigenvalue weighted by atomic mass is 32.2. The molecule has 0 amide bonds. The van der Waals surface area contributed by atoms with Gasteiger partial charge in [0.05, 0.1) is 5.75 Å². The number of carbonyl (C=O) groups is 1. The Labute approximate surface area is 146 Å². The molecule has 1 atom stereocenters. The lowest BCUT2D eigenvalue weighted by Crippen LogP contribution is -2.03. The first-order valence-corrected chi connectivity index (χ1v) is 9.77. The lowest BCUT2D eigenvalue weighted by atomic mass is 10.0. The number of Topliss-reactive ketones (excluding diaryl/α,β-unsaturated/α-hetero) is 1. The van der Waals surface area contributed by atoms with E-state index in [4.69, 9.17) is 0 Å². The second kappa shape index (κ2) is 9.67. The summed E-state index contributed by atoms with van der Waals surface area (Å²) in [6.07, 6.45) is 3.61. The standard InChI is InChI=1S/C17H23N3OS2/c1-3-13(2)8-7-11-18-16-19-20-17(23-16)22-12-15(21)14-9-5-4-6-10-14/h4-6,9-10,13H,3,7-8,11-12H2,1-2H3,(H,18,19)/t13-/m0/s1. The number of ketones is 1. The summed E-state index contributed by atoms with van der Waals surface area (Å²) in [5, 5.41) is 12.4. The van der Waals surface area contributed by atoms with Crippen LogP contribution in [-0.2, 0) is 0 Å². The number of thioether (sulfide) groups is 1. The van der Waals surface area contributed by atoms with Gasteiger partial charge in [-0.1, -0.05) is 73.7 Å². The van der Waals surface area contributed by atoms with Crippen molar-refractivity contribution in [2.75, 3.05) is 17.6 Å². The molecular weight excluding hydrogens is 326 g/mol. The average Bonchev–Trinajstić information content (AvgIpc) is 3.05. The van der Waals surface area contributed by atoms with Gasteiger partial charge in [0.2, 0.25) is 5.13 Å². The van der Waals surface area contributed by atoms with Crippen LogP contribution in [0.4, 0.5) is 5.13 Å². The predicted molar refractivity (Wildman–Crippen MR) is 98.6 cm³/mol. The zero-order valence-electron chi connectivity index (χ0n) is 13.6. The fourth-order valence-electron chi connectivity index (χ4n) is 2.02. The molecule has 0 aliphatic carbocycles. The molecule has 0 aliphatic heterocycles. The van der Waals surface area contributed by atoms with Crippen LogP contribution in [0, 0.1) is 5.92 Å². The molecule has 0 fully saturated rings. The van der Waals surface area contributed by atoms with Crippen LogP contribution in [-0.4, -0.2) is 28.3 Å². The van der Waals surface area contributed by atoms with Crippen LogP contribution in [0.15, 0.2) is 34.7 Å².